The second-order valence-corrected chi connectivity index (χ2v) is 7.38. The maximum absolute atomic E-state index is 5.96. The van der Waals surface area contributed by atoms with E-state index in [2.05, 4.69) is 30.6 Å². The summed E-state index contributed by atoms with van der Waals surface area (Å²) >= 11 is 0. The average Bonchev–Trinajstić information content (AvgIpc) is 2.61. The van der Waals surface area contributed by atoms with Crippen LogP contribution in [0.3, 0.4) is 0 Å². The van der Waals surface area contributed by atoms with E-state index >= 15 is 0 Å². The van der Waals surface area contributed by atoms with Gasteiger partial charge < -0.3 is 14.5 Å². The van der Waals surface area contributed by atoms with Gasteiger partial charge in [0.1, 0.15) is 0 Å². The molecule has 23 heavy (non-hydrogen) atoms. The lowest BCUT2D eigenvalue weighted by molar-refractivity contribution is 0.0462. The zero-order valence-electron chi connectivity index (χ0n) is 16.5. The first-order valence-corrected chi connectivity index (χ1v) is 10.2. The smallest absolute Gasteiger partial charge is 0.0593 e. The molecule has 2 aliphatic heterocycles. The van der Waals surface area contributed by atoms with Crippen molar-refractivity contribution in [2.45, 2.75) is 60.3 Å². The Labute approximate surface area is 145 Å². The molecule has 0 saturated carbocycles. The first kappa shape index (κ1) is 20.9. The van der Waals surface area contributed by atoms with Gasteiger partial charge in [0.15, 0.2) is 0 Å². The van der Waals surface area contributed by atoms with E-state index in [4.69, 9.17) is 4.74 Å². The summed E-state index contributed by atoms with van der Waals surface area (Å²) in [6.07, 6.45) is 5.42. The normalized spacial score (nSPS) is 22.2. The van der Waals surface area contributed by atoms with Crippen LogP contribution in [0.4, 0.5) is 0 Å². The molecule has 0 aromatic rings. The van der Waals surface area contributed by atoms with Crippen molar-refractivity contribution in [2.24, 2.45) is 17.8 Å². The molecule has 2 heterocycles. The van der Waals surface area contributed by atoms with Crippen molar-refractivity contribution in [3.05, 3.63) is 0 Å². The third-order valence-corrected chi connectivity index (χ3v) is 5.63. The van der Waals surface area contributed by atoms with Gasteiger partial charge >= 0.3 is 0 Å². The molecule has 2 aliphatic rings. The SMILES string of the molecule is CC.CCN1CCC(COCCN2CCC(C(C)C)CC2)CC1. The van der Waals surface area contributed by atoms with Crippen molar-refractivity contribution in [3.63, 3.8) is 0 Å². The van der Waals surface area contributed by atoms with Crippen LogP contribution in [0, 0.1) is 17.8 Å². The molecule has 138 valence electrons. The number of piperidine rings is 2. The lowest BCUT2D eigenvalue weighted by Crippen LogP contribution is -2.38. The van der Waals surface area contributed by atoms with Crippen LogP contribution in [0.1, 0.15) is 60.3 Å². The van der Waals surface area contributed by atoms with Crippen LogP contribution < -0.4 is 0 Å². The summed E-state index contributed by atoms with van der Waals surface area (Å²) in [5, 5.41) is 0. The number of rotatable bonds is 7. The Morgan fingerprint density at radius 2 is 1.48 bits per heavy atom. The highest BCUT2D eigenvalue weighted by Crippen LogP contribution is 2.24. The van der Waals surface area contributed by atoms with Crippen LogP contribution in [0.15, 0.2) is 0 Å². The first-order chi connectivity index (χ1) is 11.2. The summed E-state index contributed by atoms with van der Waals surface area (Å²) in [4.78, 5) is 5.15. The molecular formula is C20H42N2O. The van der Waals surface area contributed by atoms with E-state index in [1.54, 1.807) is 0 Å². The molecule has 0 N–H and O–H groups in total. The van der Waals surface area contributed by atoms with Crippen LogP contribution in [0.25, 0.3) is 0 Å². The predicted octanol–water partition coefficient (Wildman–Crippen LogP) is 4.13. The Hall–Kier alpha value is -0.120. The van der Waals surface area contributed by atoms with Gasteiger partial charge in [-0.05, 0) is 76.2 Å². The zero-order chi connectivity index (χ0) is 17.1. The summed E-state index contributed by atoms with van der Waals surface area (Å²) in [5.41, 5.74) is 0. The van der Waals surface area contributed by atoms with Gasteiger partial charge in [-0.3, -0.25) is 0 Å². The molecule has 0 radical (unpaired) electrons. The summed E-state index contributed by atoms with van der Waals surface area (Å²) in [6.45, 7) is 20.4. The quantitative estimate of drug-likeness (QED) is 0.654. The van der Waals surface area contributed by atoms with Gasteiger partial charge in [-0.1, -0.05) is 34.6 Å². The Balaban J connectivity index is 0.00000127. The molecule has 2 saturated heterocycles. The fourth-order valence-corrected chi connectivity index (χ4v) is 3.76. The summed E-state index contributed by atoms with van der Waals surface area (Å²) < 4.78 is 5.96. The predicted molar refractivity (Wildman–Crippen MR) is 101 cm³/mol. The minimum absolute atomic E-state index is 0.805. The van der Waals surface area contributed by atoms with E-state index in [0.717, 1.165) is 37.5 Å². The molecule has 3 nitrogen and oxygen atoms in total. The molecule has 0 amide bonds. The Bertz CT molecular complexity index is 267. The Kier molecular flexibility index (Phi) is 11.2. The fourth-order valence-electron chi connectivity index (χ4n) is 3.76. The Morgan fingerprint density at radius 1 is 0.913 bits per heavy atom. The maximum atomic E-state index is 5.96. The third kappa shape index (κ3) is 8.00. The minimum Gasteiger partial charge on any atom is -0.380 e. The van der Waals surface area contributed by atoms with Gasteiger partial charge in [0, 0.05) is 13.2 Å². The fraction of sp³-hybridized carbons (Fsp3) is 1.00. The summed E-state index contributed by atoms with van der Waals surface area (Å²) in [6, 6.07) is 0. The molecule has 0 aromatic heterocycles. The van der Waals surface area contributed by atoms with Gasteiger partial charge in [-0.25, -0.2) is 0 Å². The standard InChI is InChI=1S/C18H36N2O.C2H6/c1-4-19-9-5-17(6-10-19)15-21-14-13-20-11-7-18(8-12-20)16(2)3;1-2/h16-18H,4-15H2,1-3H3;1-2H3. The van der Waals surface area contributed by atoms with E-state index in [1.165, 1.54) is 58.4 Å². The molecule has 2 fully saturated rings. The van der Waals surface area contributed by atoms with Crippen molar-refractivity contribution in [1.29, 1.82) is 0 Å². The highest BCUT2D eigenvalue weighted by Gasteiger charge is 2.21. The van der Waals surface area contributed by atoms with Gasteiger partial charge in [0.05, 0.1) is 6.61 Å². The number of likely N-dealkylation sites (tertiary alicyclic amines) is 2. The number of ether oxygens (including phenoxy) is 1. The number of hydrogen-bond acceptors (Lipinski definition) is 3. The lowest BCUT2D eigenvalue weighted by atomic mass is 9.87. The van der Waals surface area contributed by atoms with E-state index in [1.807, 2.05) is 13.8 Å². The van der Waals surface area contributed by atoms with Crippen LogP contribution in [-0.4, -0.2) is 62.3 Å². The van der Waals surface area contributed by atoms with Crippen LogP contribution in [0.5, 0.6) is 0 Å². The van der Waals surface area contributed by atoms with E-state index in [9.17, 15) is 0 Å². The zero-order valence-corrected chi connectivity index (χ0v) is 16.5. The molecule has 0 aliphatic carbocycles. The van der Waals surface area contributed by atoms with Gasteiger partial charge in [0.2, 0.25) is 0 Å². The first-order valence-electron chi connectivity index (χ1n) is 10.2. The highest BCUT2D eigenvalue weighted by molar-refractivity contribution is 4.74. The topological polar surface area (TPSA) is 15.7 Å². The lowest BCUT2D eigenvalue weighted by Gasteiger charge is -2.34. The van der Waals surface area contributed by atoms with Gasteiger partial charge in [-0.2, -0.15) is 0 Å². The van der Waals surface area contributed by atoms with Crippen molar-refractivity contribution in [2.75, 3.05) is 52.5 Å². The summed E-state index contributed by atoms with van der Waals surface area (Å²) in [7, 11) is 0. The van der Waals surface area contributed by atoms with Gasteiger partial charge in [-0.15, -0.1) is 0 Å². The number of hydrogen-bond donors (Lipinski definition) is 0. The minimum atomic E-state index is 0.805. The van der Waals surface area contributed by atoms with Crippen molar-refractivity contribution in [1.82, 2.24) is 9.80 Å². The highest BCUT2D eigenvalue weighted by atomic mass is 16.5. The van der Waals surface area contributed by atoms with E-state index in [-0.39, 0.29) is 0 Å². The molecule has 0 bridgehead atoms. The largest absolute Gasteiger partial charge is 0.380 e. The molecule has 0 unspecified atom stereocenters. The van der Waals surface area contributed by atoms with Gasteiger partial charge in [0.25, 0.3) is 0 Å². The van der Waals surface area contributed by atoms with E-state index < -0.39 is 0 Å². The third-order valence-electron chi connectivity index (χ3n) is 5.63. The Morgan fingerprint density at radius 3 is 2.00 bits per heavy atom. The molecule has 0 atom stereocenters. The molecule has 0 spiro atoms. The monoisotopic (exact) mass is 326 g/mol. The maximum Gasteiger partial charge on any atom is 0.0593 e. The average molecular weight is 327 g/mol. The molecular weight excluding hydrogens is 284 g/mol. The second-order valence-electron chi connectivity index (χ2n) is 7.38. The molecule has 3 heteroatoms. The number of nitrogens with zero attached hydrogens (tertiary/aromatic N) is 2. The molecule has 2 rings (SSSR count). The second kappa shape index (κ2) is 12.3. The van der Waals surface area contributed by atoms with Crippen LogP contribution in [0.2, 0.25) is 0 Å². The molecule has 0 aromatic carbocycles. The van der Waals surface area contributed by atoms with E-state index in [0.29, 0.717) is 0 Å². The van der Waals surface area contributed by atoms with Crippen LogP contribution in [-0.2, 0) is 4.74 Å². The summed E-state index contributed by atoms with van der Waals surface area (Å²) in [5.74, 6) is 2.61. The van der Waals surface area contributed by atoms with Crippen molar-refractivity contribution >= 4 is 0 Å². The van der Waals surface area contributed by atoms with Crippen molar-refractivity contribution < 1.29 is 4.74 Å². The van der Waals surface area contributed by atoms with Crippen LogP contribution >= 0.6 is 0 Å². The van der Waals surface area contributed by atoms with Crippen molar-refractivity contribution in [3.8, 4) is 0 Å².